The zero-order valence-electron chi connectivity index (χ0n) is 10.1. The van der Waals surface area contributed by atoms with Gasteiger partial charge in [-0.1, -0.05) is 0 Å². The first-order valence-electron chi connectivity index (χ1n) is 4.98. The highest BCUT2D eigenvalue weighted by Gasteiger charge is 2.21. The van der Waals surface area contributed by atoms with E-state index in [0.717, 1.165) is 6.26 Å². The van der Waals surface area contributed by atoms with Crippen LogP contribution >= 0.6 is 0 Å². The van der Waals surface area contributed by atoms with E-state index in [1.165, 1.54) is 12.4 Å². The van der Waals surface area contributed by atoms with Crippen LogP contribution < -0.4 is 15.8 Å². The molecular weight excluding hydrogens is 242 g/mol. The molecule has 0 spiro atoms. The number of nitrogens with zero attached hydrogens (tertiary/aromatic N) is 2. The molecule has 17 heavy (non-hydrogen) atoms. The van der Waals surface area contributed by atoms with E-state index < -0.39 is 15.6 Å². The van der Waals surface area contributed by atoms with Crippen LogP contribution in [0.4, 0.5) is 11.6 Å². The van der Waals surface area contributed by atoms with Gasteiger partial charge in [-0.3, -0.25) is 0 Å². The molecule has 0 amide bonds. The molecule has 1 rings (SSSR count). The Morgan fingerprint density at radius 3 is 2.35 bits per heavy atom. The van der Waals surface area contributed by atoms with E-state index in [9.17, 15) is 8.42 Å². The van der Waals surface area contributed by atoms with Crippen LogP contribution in [0.3, 0.4) is 0 Å². The van der Waals surface area contributed by atoms with Gasteiger partial charge >= 0.3 is 0 Å². The van der Waals surface area contributed by atoms with Crippen molar-refractivity contribution in [1.29, 1.82) is 0 Å². The van der Waals surface area contributed by atoms with Crippen molar-refractivity contribution in [3.8, 4) is 0 Å². The Balaban J connectivity index is 2.58. The molecule has 0 saturated carbocycles. The minimum atomic E-state index is -3.24. The summed E-state index contributed by atoms with van der Waals surface area (Å²) in [5.74, 6) is 0.405. The molecule has 1 aromatic rings. The van der Waals surface area contributed by atoms with Crippen molar-refractivity contribution in [3.05, 3.63) is 12.4 Å². The molecule has 1 aromatic heterocycles. The monoisotopic (exact) mass is 259 g/mol. The first-order chi connectivity index (χ1) is 7.68. The number of nitrogen functional groups attached to an aromatic ring is 1. The highest BCUT2D eigenvalue weighted by molar-refractivity contribution is 7.88. The fraction of sp³-hybridized carbons (Fsp3) is 0.556. The van der Waals surface area contributed by atoms with Gasteiger partial charge in [-0.05, 0) is 13.8 Å². The summed E-state index contributed by atoms with van der Waals surface area (Å²) >= 11 is 0. The second-order valence-corrected chi connectivity index (χ2v) is 6.20. The van der Waals surface area contributed by atoms with Gasteiger partial charge in [0.1, 0.15) is 0 Å². The third-order valence-corrected chi connectivity index (χ3v) is 2.75. The normalized spacial score (nSPS) is 12.4. The first-order valence-corrected chi connectivity index (χ1v) is 6.87. The maximum absolute atomic E-state index is 11.1. The number of rotatable bonds is 5. The SMILES string of the molecule is CC(C)(CNc1ncc(N)cn1)NS(C)(=O)=O. The highest BCUT2D eigenvalue weighted by Crippen LogP contribution is 2.06. The molecule has 0 fully saturated rings. The fourth-order valence-corrected chi connectivity index (χ4v) is 2.34. The number of aromatic nitrogens is 2. The van der Waals surface area contributed by atoms with Crippen LogP contribution in [0.15, 0.2) is 12.4 Å². The summed E-state index contributed by atoms with van der Waals surface area (Å²) in [6.45, 7) is 3.89. The van der Waals surface area contributed by atoms with E-state index in [1.807, 2.05) is 0 Å². The van der Waals surface area contributed by atoms with Crippen molar-refractivity contribution >= 4 is 21.7 Å². The van der Waals surface area contributed by atoms with Crippen LogP contribution in [-0.4, -0.2) is 36.7 Å². The number of nitrogens with two attached hydrogens (primary N) is 1. The van der Waals surface area contributed by atoms with E-state index in [1.54, 1.807) is 13.8 Å². The smallest absolute Gasteiger partial charge is 0.222 e. The minimum Gasteiger partial charge on any atom is -0.396 e. The van der Waals surface area contributed by atoms with E-state index in [4.69, 9.17) is 5.73 Å². The number of sulfonamides is 1. The van der Waals surface area contributed by atoms with Gasteiger partial charge in [-0.15, -0.1) is 0 Å². The zero-order valence-corrected chi connectivity index (χ0v) is 10.9. The summed E-state index contributed by atoms with van der Waals surface area (Å²) in [7, 11) is -3.24. The number of anilines is 2. The van der Waals surface area contributed by atoms with Gasteiger partial charge in [0.05, 0.1) is 24.3 Å². The average molecular weight is 259 g/mol. The van der Waals surface area contributed by atoms with E-state index in [-0.39, 0.29) is 0 Å². The third-order valence-electron chi connectivity index (χ3n) is 1.82. The Morgan fingerprint density at radius 2 is 1.88 bits per heavy atom. The molecule has 4 N–H and O–H groups in total. The van der Waals surface area contributed by atoms with Gasteiger partial charge in [0.25, 0.3) is 0 Å². The highest BCUT2D eigenvalue weighted by atomic mass is 32.2. The predicted octanol–water partition coefficient (Wildman–Crippen LogP) is -0.201. The van der Waals surface area contributed by atoms with Crippen LogP contribution in [0, 0.1) is 0 Å². The summed E-state index contributed by atoms with van der Waals surface area (Å²) in [6, 6.07) is 0. The van der Waals surface area contributed by atoms with Gasteiger partial charge in [0.2, 0.25) is 16.0 Å². The molecular formula is C9H17N5O2S. The third kappa shape index (κ3) is 5.45. The standard InChI is InChI=1S/C9H17N5O2S/c1-9(2,14-17(3,15)16)6-13-8-11-4-7(10)5-12-8/h4-5,14H,6,10H2,1-3H3,(H,11,12,13). The molecule has 7 nitrogen and oxygen atoms in total. The molecule has 0 bridgehead atoms. The Hall–Kier alpha value is -1.41. The lowest BCUT2D eigenvalue weighted by atomic mass is 10.1. The van der Waals surface area contributed by atoms with E-state index in [2.05, 4.69) is 20.0 Å². The van der Waals surface area contributed by atoms with Crippen molar-refractivity contribution in [2.75, 3.05) is 23.9 Å². The molecule has 0 radical (unpaired) electrons. The Labute approximate surface area is 101 Å². The Kier molecular flexibility index (Phi) is 3.89. The van der Waals surface area contributed by atoms with Crippen LogP contribution in [0.2, 0.25) is 0 Å². The number of hydrogen-bond donors (Lipinski definition) is 3. The van der Waals surface area contributed by atoms with Crippen molar-refractivity contribution in [2.24, 2.45) is 0 Å². The molecule has 0 aliphatic carbocycles. The summed E-state index contributed by atoms with van der Waals surface area (Å²) in [6.07, 6.45) is 4.08. The maximum Gasteiger partial charge on any atom is 0.222 e. The molecule has 0 saturated heterocycles. The van der Waals surface area contributed by atoms with Crippen molar-refractivity contribution in [1.82, 2.24) is 14.7 Å². The van der Waals surface area contributed by atoms with E-state index in [0.29, 0.717) is 18.2 Å². The Morgan fingerprint density at radius 1 is 1.35 bits per heavy atom. The Bertz CT molecular complexity index is 469. The molecule has 0 aliphatic heterocycles. The zero-order chi connectivity index (χ0) is 13.1. The van der Waals surface area contributed by atoms with Crippen LogP contribution in [-0.2, 0) is 10.0 Å². The first kappa shape index (κ1) is 13.7. The quantitative estimate of drug-likeness (QED) is 0.675. The molecule has 0 aromatic carbocycles. The van der Waals surface area contributed by atoms with Crippen LogP contribution in [0.25, 0.3) is 0 Å². The molecule has 96 valence electrons. The maximum atomic E-state index is 11.1. The van der Waals surface area contributed by atoms with Gasteiger partial charge < -0.3 is 11.1 Å². The second kappa shape index (κ2) is 4.84. The summed E-state index contributed by atoms with van der Waals surface area (Å²) in [5, 5.41) is 2.93. The van der Waals surface area contributed by atoms with Crippen LogP contribution in [0.1, 0.15) is 13.8 Å². The second-order valence-electron chi connectivity index (χ2n) is 4.45. The van der Waals surface area contributed by atoms with Crippen molar-refractivity contribution < 1.29 is 8.42 Å². The molecule has 0 aliphatic rings. The summed E-state index contributed by atoms with van der Waals surface area (Å²) in [4.78, 5) is 7.91. The molecule has 0 atom stereocenters. The van der Waals surface area contributed by atoms with E-state index >= 15 is 0 Å². The topological polar surface area (TPSA) is 110 Å². The largest absolute Gasteiger partial charge is 0.396 e. The van der Waals surface area contributed by atoms with Crippen molar-refractivity contribution in [3.63, 3.8) is 0 Å². The van der Waals surface area contributed by atoms with Crippen LogP contribution in [0.5, 0.6) is 0 Å². The predicted molar refractivity (Wildman–Crippen MR) is 67.0 cm³/mol. The van der Waals surface area contributed by atoms with Gasteiger partial charge in [-0.2, -0.15) is 0 Å². The molecule has 8 heteroatoms. The molecule has 1 heterocycles. The number of hydrogen-bond acceptors (Lipinski definition) is 6. The van der Waals surface area contributed by atoms with Gasteiger partial charge in [-0.25, -0.2) is 23.1 Å². The minimum absolute atomic E-state index is 0.365. The number of nitrogens with one attached hydrogen (secondary N) is 2. The van der Waals surface area contributed by atoms with Gasteiger partial charge in [0.15, 0.2) is 0 Å². The summed E-state index contributed by atoms with van der Waals surface area (Å²) < 4.78 is 24.7. The lowest BCUT2D eigenvalue weighted by molar-refractivity contribution is 0.475. The van der Waals surface area contributed by atoms with Gasteiger partial charge in [0, 0.05) is 12.1 Å². The van der Waals surface area contributed by atoms with Crippen molar-refractivity contribution in [2.45, 2.75) is 19.4 Å². The lowest BCUT2D eigenvalue weighted by Gasteiger charge is -2.25. The lowest BCUT2D eigenvalue weighted by Crippen LogP contribution is -2.47. The summed E-state index contributed by atoms with van der Waals surface area (Å²) in [5.41, 5.74) is 5.30. The fourth-order valence-electron chi connectivity index (χ4n) is 1.27. The average Bonchev–Trinajstić information content (AvgIpc) is 2.13. The molecule has 0 unspecified atom stereocenters.